The van der Waals surface area contributed by atoms with Gasteiger partial charge in [-0.15, -0.1) is 0 Å². The molecule has 6 heteroatoms. The third-order valence-electron chi connectivity index (χ3n) is 3.60. The fourth-order valence-corrected chi connectivity index (χ4v) is 3.57. The highest BCUT2D eigenvalue weighted by Gasteiger charge is 2.11. The Morgan fingerprint density at radius 1 is 1.13 bits per heavy atom. The number of aromatic nitrogens is 1. The average Bonchev–Trinajstić information content (AvgIpc) is 2.50. The summed E-state index contributed by atoms with van der Waals surface area (Å²) < 4.78 is 24.3. The lowest BCUT2D eigenvalue weighted by Gasteiger charge is -2.12. The second-order valence-electron chi connectivity index (χ2n) is 5.38. The van der Waals surface area contributed by atoms with Crippen LogP contribution in [0.1, 0.15) is 5.56 Å². The number of fused-ring (bicyclic) bond motifs is 1. The molecule has 1 heterocycles. The smallest absolute Gasteiger partial charge is 0.175 e. The van der Waals surface area contributed by atoms with Crippen molar-refractivity contribution in [3.05, 3.63) is 58.7 Å². The predicted octanol–water partition coefficient (Wildman–Crippen LogP) is 4.45. The Balaban J connectivity index is 2.11. The number of nitrogens with one attached hydrogen (secondary N) is 1. The minimum absolute atomic E-state index is 0.278. The first kappa shape index (κ1) is 16.0. The highest BCUT2D eigenvalue weighted by Crippen LogP contribution is 2.32. The summed E-state index contributed by atoms with van der Waals surface area (Å²) in [6.45, 7) is 2.02. The maximum atomic E-state index is 11.7. The van der Waals surface area contributed by atoms with Gasteiger partial charge >= 0.3 is 0 Å². The summed E-state index contributed by atoms with van der Waals surface area (Å²) >= 11 is 3.52. The summed E-state index contributed by atoms with van der Waals surface area (Å²) in [4.78, 5) is 4.73. The Kier molecular flexibility index (Phi) is 4.12. The first-order valence-electron chi connectivity index (χ1n) is 6.97. The number of nitrogens with zero attached hydrogens (tertiary/aromatic N) is 1. The molecule has 0 aliphatic carbocycles. The largest absolute Gasteiger partial charge is 0.340 e. The second-order valence-corrected chi connectivity index (χ2v) is 8.25. The zero-order valence-corrected chi connectivity index (χ0v) is 15.1. The van der Waals surface area contributed by atoms with Crippen molar-refractivity contribution in [3.8, 4) is 0 Å². The molecule has 0 aliphatic heterocycles. The molecule has 0 amide bonds. The van der Waals surface area contributed by atoms with E-state index in [4.69, 9.17) is 0 Å². The molecule has 0 saturated carbocycles. The van der Waals surface area contributed by atoms with Gasteiger partial charge in [0.1, 0.15) is 5.82 Å². The monoisotopic (exact) mass is 390 g/mol. The maximum Gasteiger partial charge on any atom is 0.175 e. The van der Waals surface area contributed by atoms with Crippen LogP contribution in [0.15, 0.2) is 58.0 Å². The second kappa shape index (κ2) is 5.94. The van der Waals surface area contributed by atoms with Gasteiger partial charge in [0.25, 0.3) is 0 Å². The number of hydrogen-bond acceptors (Lipinski definition) is 4. The van der Waals surface area contributed by atoms with E-state index < -0.39 is 9.84 Å². The molecule has 0 unspecified atom stereocenters. The van der Waals surface area contributed by atoms with E-state index in [2.05, 4.69) is 26.2 Å². The first-order chi connectivity index (χ1) is 10.9. The third-order valence-corrected chi connectivity index (χ3v) is 5.34. The molecule has 0 atom stereocenters. The van der Waals surface area contributed by atoms with Gasteiger partial charge in [0, 0.05) is 33.4 Å². The molecule has 0 bridgehead atoms. The Labute approximate surface area is 143 Å². The highest BCUT2D eigenvalue weighted by molar-refractivity contribution is 9.10. The van der Waals surface area contributed by atoms with Crippen molar-refractivity contribution in [3.63, 3.8) is 0 Å². The zero-order valence-electron chi connectivity index (χ0n) is 12.7. The molecule has 4 nitrogen and oxygen atoms in total. The van der Waals surface area contributed by atoms with E-state index in [1.807, 2.05) is 31.2 Å². The van der Waals surface area contributed by atoms with Crippen LogP contribution < -0.4 is 5.32 Å². The molecular weight excluding hydrogens is 376 g/mol. The van der Waals surface area contributed by atoms with Crippen LogP contribution >= 0.6 is 15.9 Å². The molecule has 23 heavy (non-hydrogen) atoms. The quantitative estimate of drug-likeness (QED) is 0.717. The number of rotatable bonds is 3. The van der Waals surface area contributed by atoms with Crippen LogP contribution in [0, 0.1) is 6.92 Å². The lowest BCUT2D eigenvalue weighted by molar-refractivity contribution is 0.602. The number of hydrogen-bond donors (Lipinski definition) is 1. The third kappa shape index (κ3) is 3.23. The van der Waals surface area contributed by atoms with E-state index in [1.54, 1.807) is 24.4 Å². The van der Waals surface area contributed by atoms with Gasteiger partial charge in [-0.25, -0.2) is 13.4 Å². The van der Waals surface area contributed by atoms with Crippen LogP contribution in [0.25, 0.3) is 10.8 Å². The molecule has 0 radical (unpaired) electrons. The van der Waals surface area contributed by atoms with Crippen LogP contribution in [-0.4, -0.2) is 19.7 Å². The van der Waals surface area contributed by atoms with Gasteiger partial charge in [0.05, 0.1) is 4.90 Å². The molecule has 0 aliphatic rings. The number of pyridine rings is 1. The molecule has 118 valence electrons. The molecule has 0 saturated heterocycles. The SMILES string of the molecule is Cc1cccc2c(Br)cnc(Nc3cccc(S(C)(=O)=O)c3)c12. The minimum Gasteiger partial charge on any atom is -0.340 e. The number of anilines is 2. The van der Waals surface area contributed by atoms with Crippen LogP contribution in [-0.2, 0) is 9.84 Å². The molecular formula is C17H15BrN2O2S. The summed E-state index contributed by atoms with van der Waals surface area (Å²) in [5.41, 5.74) is 1.78. The van der Waals surface area contributed by atoms with E-state index >= 15 is 0 Å². The summed E-state index contributed by atoms with van der Waals surface area (Å²) in [7, 11) is -3.24. The highest BCUT2D eigenvalue weighted by atomic mass is 79.9. The number of aryl methyl sites for hydroxylation is 1. The van der Waals surface area contributed by atoms with Gasteiger partial charge in [-0.05, 0) is 46.6 Å². The molecule has 0 spiro atoms. The Hall–Kier alpha value is -1.92. The number of benzene rings is 2. The molecule has 3 rings (SSSR count). The summed E-state index contributed by atoms with van der Waals surface area (Å²) in [6.07, 6.45) is 2.94. The Morgan fingerprint density at radius 3 is 2.61 bits per heavy atom. The predicted molar refractivity (Wildman–Crippen MR) is 97.0 cm³/mol. The molecule has 1 N–H and O–H groups in total. The molecule has 1 aromatic heterocycles. The minimum atomic E-state index is -3.24. The van der Waals surface area contributed by atoms with Crippen molar-refractivity contribution in [2.24, 2.45) is 0 Å². The number of sulfone groups is 1. The van der Waals surface area contributed by atoms with Crippen LogP contribution in [0.4, 0.5) is 11.5 Å². The summed E-state index contributed by atoms with van der Waals surface area (Å²) in [5.74, 6) is 0.701. The van der Waals surface area contributed by atoms with Crippen molar-refractivity contribution >= 4 is 48.0 Å². The van der Waals surface area contributed by atoms with Gasteiger partial charge in [-0.1, -0.05) is 24.3 Å². The summed E-state index contributed by atoms with van der Waals surface area (Å²) in [5, 5.41) is 5.29. The van der Waals surface area contributed by atoms with Crippen LogP contribution in [0.3, 0.4) is 0 Å². The van der Waals surface area contributed by atoms with E-state index in [1.165, 1.54) is 6.26 Å². The van der Waals surface area contributed by atoms with Crippen molar-refractivity contribution in [2.75, 3.05) is 11.6 Å². The van der Waals surface area contributed by atoms with E-state index in [-0.39, 0.29) is 4.90 Å². The fourth-order valence-electron chi connectivity index (χ4n) is 2.47. The molecule has 0 fully saturated rings. The van der Waals surface area contributed by atoms with Gasteiger partial charge < -0.3 is 5.32 Å². The van der Waals surface area contributed by atoms with Crippen molar-refractivity contribution in [1.29, 1.82) is 0 Å². The maximum absolute atomic E-state index is 11.7. The van der Waals surface area contributed by atoms with E-state index in [0.717, 1.165) is 20.8 Å². The van der Waals surface area contributed by atoms with Gasteiger partial charge in [0.15, 0.2) is 9.84 Å². The normalized spacial score (nSPS) is 11.6. The van der Waals surface area contributed by atoms with Crippen molar-refractivity contribution in [1.82, 2.24) is 4.98 Å². The Morgan fingerprint density at radius 2 is 1.87 bits per heavy atom. The first-order valence-corrected chi connectivity index (χ1v) is 9.65. The Bertz CT molecular complexity index is 1000. The van der Waals surface area contributed by atoms with Crippen LogP contribution in [0.2, 0.25) is 0 Å². The molecule has 3 aromatic rings. The van der Waals surface area contributed by atoms with E-state index in [9.17, 15) is 8.42 Å². The topological polar surface area (TPSA) is 59.1 Å². The fraction of sp³-hybridized carbons (Fsp3) is 0.118. The average molecular weight is 391 g/mol. The van der Waals surface area contributed by atoms with E-state index in [0.29, 0.717) is 11.5 Å². The summed E-state index contributed by atoms with van der Waals surface area (Å²) in [6, 6.07) is 12.8. The van der Waals surface area contributed by atoms with Gasteiger partial charge in [-0.3, -0.25) is 0 Å². The lowest BCUT2D eigenvalue weighted by atomic mass is 10.1. The van der Waals surface area contributed by atoms with Crippen LogP contribution in [0.5, 0.6) is 0 Å². The van der Waals surface area contributed by atoms with Crippen molar-refractivity contribution in [2.45, 2.75) is 11.8 Å². The van der Waals surface area contributed by atoms with Gasteiger partial charge in [0.2, 0.25) is 0 Å². The van der Waals surface area contributed by atoms with Gasteiger partial charge in [-0.2, -0.15) is 0 Å². The number of halogens is 1. The zero-order chi connectivity index (χ0) is 16.6. The standard InChI is InChI=1S/C17H15BrN2O2S/c1-11-5-3-8-14-15(18)10-19-17(16(11)14)20-12-6-4-7-13(9-12)23(2,21)22/h3-10H,1-2H3,(H,19,20). The van der Waals surface area contributed by atoms with Crippen molar-refractivity contribution < 1.29 is 8.42 Å². The lowest BCUT2D eigenvalue weighted by Crippen LogP contribution is -2.00. The molecule has 2 aromatic carbocycles.